The minimum atomic E-state index is -0.877. The Bertz CT molecular complexity index is 1300. The first-order chi connectivity index (χ1) is 15.7. The first kappa shape index (κ1) is 21.9. The van der Waals surface area contributed by atoms with Crippen molar-refractivity contribution in [2.75, 3.05) is 6.61 Å². The van der Waals surface area contributed by atoms with E-state index in [9.17, 15) is 9.59 Å². The lowest BCUT2D eigenvalue weighted by atomic mass is 9.68. The number of benzene rings is 2. The summed E-state index contributed by atoms with van der Waals surface area (Å²) < 4.78 is 5.44. The van der Waals surface area contributed by atoms with Gasteiger partial charge in [0, 0.05) is 10.9 Å². The summed E-state index contributed by atoms with van der Waals surface area (Å²) in [4.78, 5) is 35.6. The SMILES string of the molecule is CC1(C)C2CCC1(C(=O)NNC(=O)COc1ccc(Cl)cc1Cl)c1nc3ccccc3nc12. The van der Waals surface area contributed by atoms with E-state index in [0.29, 0.717) is 27.9 Å². The van der Waals surface area contributed by atoms with Gasteiger partial charge in [-0.15, -0.1) is 0 Å². The Kier molecular flexibility index (Phi) is 5.21. The molecule has 1 saturated carbocycles. The van der Waals surface area contributed by atoms with E-state index in [4.69, 9.17) is 37.9 Å². The summed E-state index contributed by atoms with van der Waals surface area (Å²) in [5, 5.41) is 0.763. The van der Waals surface area contributed by atoms with Crippen molar-refractivity contribution in [3.05, 3.63) is 63.9 Å². The molecule has 3 aromatic rings. The highest BCUT2D eigenvalue weighted by atomic mass is 35.5. The Balaban J connectivity index is 1.34. The second-order valence-electron chi connectivity index (χ2n) is 9.03. The van der Waals surface area contributed by atoms with E-state index in [2.05, 4.69) is 24.7 Å². The molecule has 9 heteroatoms. The predicted octanol–water partition coefficient (Wildman–Crippen LogP) is 4.32. The molecular weight excluding hydrogens is 463 g/mol. The highest BCUT2D eigenvalue weighted by Crippen LogP contribution is 2.67. The molecule has 0 aliphatic heterocycles. The monoisotopic (exact) mass is 484 g/mol. The molecule has 2 aliphatic carbocycles. The first-order valence-electron chi connectivity index (χ1n) is 10.7. The smallest absolute Gasteiger partial charge is 0.276 e. The lowest BCUT2D eigenvalue weighted by Crippen LogP contribution is -2.55. The third kappa shape index (κ3) is 3.33. The molecule has 1 fully saturated rings. The summed E-state index contributed by atoms with van der Waals surface area (Å²) in [6.45, 7) is 3.83. The standard InChI is InChI=1S/C24H22Cl2N4O3/c1-23(2)14-9-10-24(23,21-20(14)27-16-5-3-4-6-17(16)28-21)22(32)30-29-19(31)12-33-18-8-7-13(25)11-15(18)26/h3-8,11,14H,9-10,12H2,1-2H3,(H,29,31)(H,30,32). The molecule has 2 aliphatic rings. The number of para-hydroxylation sites is 2. The largest absolute Gasteiger partial charge is 0.482 e. The lowest BCUT2D eigenvalue weighted by Gasteiger charge is -2.36. The zero-order chi connectivity index (χ0) is 23.4. The minimum Gasteiger partial charge on any atom is -0.482 e. The molecule has 2 unspecified atom stereocenters. The highest BCUT2D eigenvalue weighted by Gasteiger charge is 2.68. The van der Waals surface area contributed by atoms with Crippen LogP contribution in [0, 0.1) is 5.41 Å². The number of carbonyl (C=O) groups is 2. The number of hydrogen-bond acceptors (Lipinski definition) is 5. The zero-order valence-corrected chi connectivity index (χ0v) is 19.6. The molecule has 7 nitrogen and oxygen atoms in total. The number of halogens is 2. The Hall–Kier alpha value is -2.90. The van der Waals surface area contributed by atoms with Crippen LogP contribution in [0.15, 0.2) is 42.5 Å². The summed E-state index contributed by atoms with van der Waals surface area (Å²) in [5.74, 6) is -0.355. The molecule has 33 heavy (non-hydrogen) atoms. The van der Waals surface area contributed by atoms with Gasteiger partial charge in [0.15, 0.2) is 6.61 Å². The van der Waals surface area contributed by atoms with E-state index in [1.165, 1.54) is 6.07 Å². The summed E-state index contributed by atoms with van der Waals surface area (Å²) >= 11 is 11.9. The molecule has 2 amide bonds. The van der Waals surface area contributed by atoms with Crippen LogP contribution in [0.4, 0.5) is 0 Å². The van der Waals surface area contributed by atoms with Gasteiger partial charge in [-0.05, 0) is 48.6 Å². The van der Waals surface area contributed by atoms with Crippen LogP contribution in [0.5, 0.6) is 5.75 Å². The van der Waals surface area contributed by atoms with Gasteiger partial charge in [0.05, 0.1) is 27.4 Å². The minimum absolute atomic E-state index is 0.126. The Morgan fingerprint density at radius 1 is 1.09 bits per heavy atom. The van der Waals surface area contributed by atoms with Crippen molar-refractivity contribution in [3.63, 3.8) is 0 Å². The summed E-state index contributed by atoms with van der Waals surface area (Å²) in [6, 6.07) is 12.4. The number of amides is 2. The number of carbonyl (C=O) groups excluding carboxylic acids is 2. The van der Waals surface area contributed by atoms with Crippen LogP contribution in [0.1, 0.15) is 44.0 Å². The van der Waals surface area contributed by atoms with Crippen LogP contribution in [0.3, 0.4) is 0 Å². The second kappa shape index (κ2) is 7.85. The Morgan fingerprint density at radius 2 is 1.82 bits per heavy atom. The van der Waals surface area contributed by atoms with Crippen molar-refractivity contribution in [1.82, 2.24) is 20.8 Å². The molecule has 0 radical (unpaired) electrons. The van der Waals surface area contributed by atoms with Gasteiger partial charge in [0.25, 0.3) is 11.8 Å². The lowest BCUT2D eigenvalue weighted by molar-refractivity contribution is -0.135. The predicted molar refractivity (Wildman–Crippen MR) is 125 cm³/mol. The van der Waals surface area contributed by atoms with Crippen LogP contribution in [-0.2, 0) is 15.0 Å². The van der Waals surface area contributed by atoms with Crippen molar-refractivity contribution < 1.29 is 14.3 Å². The van der Waals surface area contributed by atoms with Crippen molar-refractivity contribution >= 4 is 46.0 Å². The molecular formula is C24H22Cl2N4O3. The molecule has 1 heterocycles. The van der Waals surface area contributed by atoms with Crippen molar-refractivity contribution in [3.8, 4) is 5.75 Å². The average Bonchev–Trinajstić information content (AvgIpc) is 3.16. The molecule has 170 valence electrons. The van der Waals surface area contributed by atoms with E-state index in [1.807, 2.05) is 24.3 Å². The van der Waals surface area contributed by atoms with Crippen LogP contribution in [-0.4, -0.2) is 28.4 Å². The van der Waals surface area contributed by atoms with Crippen molar-refractivity contribution in [1.29, 1.82) is 0 Å². The summed E-state index contributed by atoms with van der Waals surface area (Å²) in [5.41, 5.74) is 6.96. The number of hydrogen-bond donors (Lipinski definition) is 2. The first-order valence-corrected chi connectivity index (χ1v) is 11.4. The Morgan fingerprint density at radius 3 is 2.55 bits per heavy atom. The summed E-state index contributed by atoms with van der Waals surface area (Å²) in [6.07, 6.45) is 1.48. The van der Waals surface area contributed by atoms with E-state index in [0.717, 1.165) is 23.1 Å². The Labute approximate surface area is 200 Å². The summed E-state index contributed by atoms with van der Waals surface area (Å²) in [7, 11) is 0. The quantitative estimate of drug-likeness (QED) is 0.537. The average molecular weight is 485 g/mol. The van der Waals surface area contributed by atoms with E-state index < -0.39 is 16.7 Å². The maximum Gasteiger partial charge on any atom is 0.276 e. The van der Waals surface area contributed by atoms with Crippen LogP contribution in [0.25, 0.3) is 11.0 Å². The van der Waals surface area contributed by atoms with Crippen LogP contribution in [0.2, 0.25) is 10.0 Å². The fourth-order valence-corrected chi connectivity index (χ4v) is 5.80. The molecule has 2 bridgehead atoms. The number of aromatic nitrogens is 2. The van der Waals surface area contributed by atoms with Crippen LogP contribution >= 0.6 is 23.2 Å². The number of rotatable bonds is 4. The van der Waals surface area contributed by atoms with Crippen molar-refractivity contribution in [2.24, 2.45) is 5.41 Å². The normalized spacial score (nSPS) is 22.1. The van der Waals surface area contributed by atoms with Gasteiger partial charge in [0.1, 0.15) is 11.2 Å². The third-order valence-corrected chi connectivity index (χ3v) is 7.60. The fourth-order valence-electron chi connectivity index (χ4n) is 5.33. The van der Waals surface area contributed by atoms with Gasteiger partial charge >= 0.3 is 0 Å². The molecule has 1 aromatic heterocycles. The molecule has 2 aromatic carbocycles. The van der Waals surface area contributed by atoms with Gasteiger partial charge in [-0.2, -0.15) is 0 Å². The topological polar surface area (TPSA) is 93.2 Å². The number of ether oxygens (including phenoxy) is 1. The van der Waals surface area contributed by atoms with E-state index in [1.54, 1.807) is 12.1 Å². The molecule has 2 N–H and O–H groups in total. The molecule has 2 atom stereocenters. The number of hydrazine groups is 1. The van der Waals surface area contributed by atoms with Gasteiger partial charge in [0.2, 0.25) is 0 Å². The third-order valence-electron chi connectivity index (χ3n) is 7.07. The van der Waals surface area contributed by atoms with Gasteiger partial charge < -0.3 is 4.74 Å². The molecule has 0 spiro atoms. The highest BCUT2D eigenvalue weighted by molar-refractivity contribution is 6.35. The molecule has 5 rings (SSSR count). The van der Waals surface area contributed by atoms with Gasteiger partial charge in [-0.1, -0.05) is 49.2 Å². The van der Waals surface area contributed by atoms with Crippen LogP contribution < -0.4 is 15.6 Å². The van der Waals surface area contributed by atoms with Crippen molar-refractivity contribution in [2.45, 2.75) is 38.0 Å². The van der Waals surface area contributed by atoms with Gasteiger partial charge in [-0.25, -0.2) is 9.97 Å². The maximum atomic E-state index is 13.5. The number of nitrogens with zero attached hydrogens (tertiary/aromatic N) is 2. The van der Waals surface area contributed by atoms with E-state index in [-0.39, 0.29) is 18.4 Å². The fraction of sp³-hybridized carbons (Fsp3) is 0.333. The second-order valence-corrected chi connectivity index (χ2v) is 9.87. The van der Waals surface area contributed by atoms with E-state index >= 15 is 0 Å². The van der Waals surface area contributed by atoms with Gasteiger partial charge in [-0.3, -0.25) is 20.4 Å². The maximum absolute atomic E-state index is 13.5. The zero-order valence-electron chi connectivity index (χ0n) is 18.1. The number of nitrogens with one attached hydrogen (secondary N) is 2. The number of fused-ring (bicyclic) bond motifs is 6. The molecule has 0 saturated heterocycles.